The summed E-state index contributed by atoms with van der Waals surface area (Å²) < 4.78 is 32.5. The van der Waals surface area contributed by atoms with Gasteiger partial charge in [0.15, 0.2) is 0 Å². The zero-order valence-corrected chi connectivity index (χ0v) is 23.6. The van der Waals surface area contributed by atoms with Crippen LogP contribution in [-0.4, -0.2) is 57.6 Å². The highest BCUT2D eigenvalue weighted by Gasteiger charge is 2.31. The molecule has 2 aromatic carbocycles. The number of unbranched alkanes of at least 4 members (excludes halogenated alkanes) is 1. The molecule has 0 fully saturated rings. The number of halogens is 1. The van der Waals surface area contributed by atoms with Crippen molar-refractivity contribution < 1.29 is 22.7 Å². The van der Waals surface area contributed by atoms with Crippen molar-refractivity contribution in [1.29, 1.82) is 0 Å². The minimum absolute atomic E-state index is 0.160. The van der Waals surface area contributed by atoms with Crippen LogP contribution in [0.4, 0.5) is 5.69 Å². The summed E-state index contributed by atoms with van der Waals surface area (Å²) in [7, 11) is -2.17. The molecular formula is C25H34IN3O5S. The molecule has 35 heavy (non-hydrogen) atoms. The van der Waals surface area contributed by atoms with Crippen molar-refractivity contribution in [2.45, 2.75) is 45.7 Å². The number of hydrogen-bond donors (Lipinski definition) is 1. The first-order valence-corrected chi connectivity index (χ1v) is 14.5. The van der Waals surface area contributed by atoms with Crippen molar-refractivity contribution >= 4 is 50.1 Å². The fraction of sp³-hybridized carbons (Fsp3) is 0.440. The van der Waals surface area contributed by atoms with Gasteiger partial charge in [-0.2, -0.15) is 0 Å². The van der Waals surface area contributed by atoms with Gasteiger partial charge in [-0.15, -0.1) is 0 Å². The second kappa shape index (κ2) is 13.7. The van der Waals surface area contributed by atoms with Gasteiger partial charge in [-0.05, 0) is 77.4 Å². The van der Waals surface area contributed by atoms with Gasteiger partial charge in [0.2, 0.25) is 21.8 Å². The van der Waals surface area contributed by atoms with E-state index in [1.54, 1.807) is 43.5 Å². The molecule has 0 bridgehead atoms. The summed E-state index contributed by atoms with van der Waals surface area (Å²) in [5, 5.41) is 2.91. The SMILES string of the molecule is CCCCNC(=O)[C@@H](CC)N(Cc1ccc(OC)cc1)C(=O)CN(c1ccc(I)cc1)S(C)(=O)=O. The van der Waals surface area contributed by atoms with Gasteiger partial charge < -0.3 is 15.0 Å². The van der Waals surface area contributed by atoms with Crippen molar-refractivity contribution in [3.63, 3.8) is 0 Å². The topological polar surface area (TPSA) is 96.0 Å². The van der Waals surface area contributed by atoms with Crippen LogP contribution >= 0.6 is 22.6 Å². The highest BCUT2D eigenvalue weighted by atomic mass is 127. The molecule has 0 aliphatic rings. The molecule has 0 saturated carbocycles. The van der Waals surface area contributed by atoms with Crippen LogP contribution in [0.1, 0.15) is 38.7 Å². The number of sulfonamides is 1. The third-order valence-electron chi connectivity index (χ3n) is 5.52. The summed E-state index contributed by atoms with van der Waals surface area (Å²) >= 11 is 2.13. The summed E-state index contributed by atoms with van der Waals surface area (Å²) in [6.45, 7) is 4.15. The van der Waals surface area contributed by atoms with Gasteiger partial charge in [-0.1, -0.05) is 32.4 Å². The summed E-state index contributed by atoms with van der Waals surface area (Å²) in [5.74, 6) is -0.0248. The standard InChI is InChI=1S/C25H34IN3O5S/c1-5-7-16-27-25(31)23(6-2)28(17-19-8-14-22(34-3)15-9-19)24(30)18-29(35(4,32)33)21-12-10-20(26)11-13-21/h8-15,23H,5-7,16-18H2,1-4H3,(H,27,31)/t23-/m1/s1. The van der Waals surface area contributed by atoms with E-state index in [1.165, 1.54) is 4.90 Å². The van der Waals surface area contributed by atoms with Crippen molar-refractivity contribution in [3.05, 3.63) is 57.7 Å². The van der Waals surface area contributed by atoms with E-state index in [4.69, 9.17) is 4.74 Å². The van der Waals surface area contributed by atoms with E-state index in [0.717, 1.165) is 32.5 Å². The van der Waals surface area contributed by atoms with Crippen LogP contribution in [0.3, 0.4) is 0 Å². The lowest BCUT2D eigenvalue weighted by atomic mass is 10.1. The Bertz CT molecular complexity index is 1080. The number of carbonyl (C=O) groups is 2. The Morgan fingerprint density at radius 2 is 1.69 bits per heavy atom. The molecule has 0 aliphatic heterocycles. The first-order chi connectivity index (χ1) is 16.6. The molecular weight excluding hydrogens is 581 g/mol. The lowest BCUT2D eigenvalue weighted by Gasteiger charge is -2.33. The molecule has 2 aromatic rings. The lowest BCUT2D eigenvalue weighted by molar-refractivity contribution is -0.140. The number of benzene rings is 2. The van der Waals surface area contributed by atoms with Crippen LogP contribution < -0.4 is 14.4 Å². The molecule has 0 saturated heterocycles. The number of methoxy groups -OCH3 is 1. The van der Waals surface area contributed by atoms with E-state index in [-0.39, 0.29) is 12.5 Å². The van der Waals surface area contributed by atoms with Crippen LogP contribution in [0, 0.1) is 3.57 Å². The van der Waals surface area contributed by atoms with Gasteiger partial charge in [0.05, 0.1) is 19.1 Å². The third kappa shape index (κ3) is 8.68. The summed E-state index contributed by atoms with van der Waals surface area (Å²) in [6, 6.07) is 13.4. The number of nitrogens with one attached hydrogen (secondary N) is 1. The van der Waals surface area contributed by atoms with Crippen LogP contribution in [0.15, 0.2) is 48.5 Å². The maximum absolute atomic E-state index is 13.6. The van der Waals surface area contributed by atoms with Crippen molar-refractivity contribution in [1.82, 2.24) is 10.2 Å². The molecule has 10 heteroatoms. The largest absolute Gasteiger partial charge is 0.497 e. The molecule has 0 aliphatic carbocycles. The number of rotatable bonds is 13. The highest BCUT2D eigenvalue weighted by molar-refractivity contribution is 14.1. The molecule has 0 heterocycles. The fourth-order valence-corrected chi connectivity index (χ4v) is 4.78. The van der Waals surface area contributed by atoms with Gasteiger partial charge in [0, 0.05) is 16.7 Å². The van der Waals surface area contributed by atoms with E-state index >= 15 is 0 Å². The maximum atomic E-state index is 13.6. The average molecular weight is 616 g/mol. The van der Waals surface area contributed by atoms with E-state index in [9.17, 15) is 18.0 Å². The van der Waals surface area contributed by atoms with E-state index in [2.05, 4.69) is 27.9 Å². The van der Waals surface area contributed by atoms with Gasteiger partial charge in [0.25, 0.3) is 0 Å². The molecule has 0 aromatic heterocycles. The molecule has 2 rings (SSSR count). The Balaban J connectivity index is 2.38. The van der Waals surface area contributed by atoms with Crippen LogP contribution in [-0.2, 0) is 26.2 Å². The molecule has 8 nitrogen and oxygen atoms in total. The Morgan fingerprint density at radius 3 is 2.20 bits per heavy atom. The Hall–Kier alpha value is -2.34. The second-order valence-corrected chi connectivity index (χ2v) is 11.3. The quantitative estimate of drug-likeness (QED) is 0.274. The second-order valence-electron chi connectivity index (χ2n) is 8.18. The molecule has 0 spiro atoms. The van der Waals surface area contributed by atoms with Crippen molar-refractivity contribution in [3.8, 4) is 5.75 Å². The molecule has 0 radical (unpaired) electrons. The molecule has 192 valence electrons. The van der Waals surface area contributed by atoms with Crippen molar-refractivity contribution in [2.24, 2.45) is 0 Å². The number of ether oxygens (including phenoxy) is 1. The van der Waals surface area contributed by atoms with Gasteiger partial charge in [-0.25, -0.2) is 8.42 Å². The number of anilines is 1. The van der Waals surface area contributed by atoms with Crippen LogP contribution in [0.2, 0.25) is 0 Å². The molecule has 0 unspecified atom stereocenters. The first kappa shape index (κ1) is 28.9. The number of hydrogen-bond acceptors (Lipinski definition) is 5. The van der Waals surface area contributed by atoms with Gasteiger partial charge in [-0.3, -0.25) is 13.9 Å². The number of nitrogens with zero attached hydrogens (tertiary/aromatic N) is 2. The highest BCUT2D eigenvalue weighted by Crippen LogP contribution is 2.21. The van der Waals surface area contributed by atoms with Gasteiger partial charge >= 0.3 is 0 Å². The van der Waals surface area contributed by atoms with Gasteiger partial charge in [0.1, 0.15) is 18.3 Å². The minimum Gasteiger partial charge on any atom is -0.497 e. The average Bonchev–Trinajstić information content (AvgIpc) is 2.83. The Morgan fingerprint density at radius 1 is 1.06 bits per heavy atom. The first-order valence-electron chi connectivity index (χ1n) is 11.5. The monoisotopic (exact) mass is 615 g/mol. The Kier molecular flexibility index (Phi) is 11.3. The summed E-state index contributed by atoms with van der Waals surface area (Å²) in [5.41, 5.74) is 1.20. The molecule has 1 N–H and O–H groups in total. The number of carbonyl (C=O) groups excluding carboxylic acids is 2. The van der Waals surface area contributed by atoms with Crippen LogP contribution in [0.5, 0.6) is 5.75 Å². The molecule has 2 amide bonds. The van der Waals surface area contributed by atoms with E-state index in [0.29, 0.717) is 24.4 Å². The number of amides is 2. The lowest BCUT2D eigenvalue weighted by Crippen LogP contribution is -2.52. The minimum atomic E-state index is -3.75. The Labute approximate surface area is 222 Å². The summed E-state index contributed by atoms with van der Waals surface area (Å²) in [6.07, 6.45) is 3.23. The summed E-state index contributed by atoms with van der Waals surface area (Å²) in [4.78, 5) is 28.1. The smallest absolute Gasteiger partial charge is 0.244 e. The predicted octanol–water partition coefficient (Wildman–Crippen LogP) is 3.79. The van der Waals surface area contributed by atoms with Crippen molar-refractivity contribution in [2.75, 3.05) is 30.8 Å². The normalized spacial score (nSPS) is 12.0. The third-order valence-corrected chi connectivity index (χ3v) is 7.38. The predicted molar refractivity (Wildman–Crippen MR) is 147 cm³/mol. The maximum Gasteiger partial charge on any atom is 0.244 e. The zero-order valence-electron chi connectivity index (χ0n) is 20.7. The van der Waals surface area contributed by atoms with Crippen LogP contribution in [0.25, 0.3) is 0 Å². The molecule has 1 atom stereocenters. The zero-order chi connectivity index (χ0) is 26.0. The van der Waals surface area contributed by atoms with E-state index < -0.39 is 28.5 Å². The fourth-order valence-electron chi connectivity index (χ4n) is 3.57. The van der Waals surface area contributed by atoms with E-state index in [1.807, 2.05) is 26.0 Å².